The Bertz CT molecular complexity index is 1340. The molecule has 0 saturated heterocycles. The van der Waals surface area contributed by atoms with E-state index < -0.39 is 0 Å². The molecule has 9 nitrogen and oxygen atoms in total. The Morgan fingerprint density at radius 1 is 0.311 bits per heavy atom. The first kappa shape index (κ1) is 70.7. The van der Waals surface area contributed by atoms with Crippen molar-refractivity contribution in [2.75, 3.05) is 52.6 Å². The Balaban J connectivity index is 4.70. The molecular weight excluding hydrogens is 921 g/mol. The third kappa shape index (κ3) is 55.0. The van der Waals surface area contributed by atoms with Gasteiger partial charge in [-0.15, -0.1) is 0 Å². The standard InChI is InChI=1S/C65H116N2O7/c1-4-7-10-13-16-19-22-25-28-31-34-37-40-43-46-49-60-72-63(69)52-55-66(56-53-64(70)73-61-50-47-44-41-38-35-32-29-26-23-20-17-14-11-8-5-2)67(58-59-68)57-54-65(71)74-62-51-48-45-42-39-36-33-30-27-24-21-18-15-12-9-6-3/h16-21,25-30,68H,4-15,22-24,31-62H2,1-3H3/b19-16-,20-17-,21-18-,28-25-,29-26-,30-27-. The van der Waals surface area contributed by atoms with E-state index in [0.717, 1.165) is 96.3 Å². The number of allylic oxidation sites excluding steroid dienone is 12. The molecule has 0 aliphatic carbocycles. The van der Waals surface area contributed by atoms with Gasteiger partial charge in [-0.2, -0.15) is 0 Å². The average Bonchev–Trinajstić information content (AvgIpc) is 3.40. The molecule has 0 radical (unpaired) electrons. The summed E-state index contributed by atoms with van der Waals surface area (Å²) < 4.78 is 16.8. The first-order valence-electron chi connectivity index (χ1n) is 31.0. The fraction of sp³-hybridized carbons (Fsp3) is 0.769. The van der Waals surface area contributed by atoms with E-state index in [1.165, 1.54) is 135 Å². The van der Waals surface area contributed by atoms with E-state index in [9.17, 15) is 19.5 Å². The monoisotopic (exact) mass is 1040 g/mol. The summed E-state index contributed by atoms with van der Waals surface area (Å²) in [6, 6.07) is 0. The van der Waals surface area contributed by atoms with Crippen molar-refractivity contribution in [2.45, 2.75) is 271 Å². The highest BCUT2D eigenvalue weighted by molar-refractivity contribution is 5.70. The van der Waals surface area contributed by atoms with Gasteiger partial charge in [0.15, 0.2) is 0 Å². The minimum Gasteiger partial charge on any atom is -0.466 e. The van der Waals surface area contributed by atoms with Crippen molar-refractivity contribution < 1.29 is 33.7 Å². The summed E-state index contributed by atoms with van der Waals surface area (Å²) >= 11 is 0. The van der Waals surface area contributed by atoms with Crippen LogP contribution in [0.3, 0.4) is 0 Å². The van der Waals surface area contributed by atoms with Crippen LogP contribution in [0.15, 0.2) is 72.9 Å². The van der Waals surface area contributed by atoms with Crippen molar-refractivity contribution in [3.05, 3.63) is 72.9 Å². The third-order valence-corrected chi connectivity index (χ3v) is 13.3. The molecule has 0 amide bonds. The SMILES string of the molecule is CCCCC/C=C\C/C=C\CCCCCCCCOC(=O)CCN(CCO)N(CCC(=O)OCCCCCCCC/C=C\C/C=C\CCCCC)CCC(=O)OCCCCCCCC/C=C\C/C=C\CCCCC. The summed E-state index contributed by atoms with van der Waals surface area (Å²) in [5, 5.41) is 13.8. The first-order valence-corrected chi connectivity index (χ1v) is 31.0. The van der Waals surface area contributed by atoms with Crippen LogP contribution >= 0.6 is 0 Å². The van der Waals surface area contributed by atoms with Gasteiger partial charge in [-0.25, -0.2) is 10.0 Å². The van der Waals surface area contributed by atoms with Gasteiger partial charge in [0, 0.05) is 26.2 Å². The van der Waals surface area contributed by atoms with Crippen LogP contribution in [0.5, 0.6) is 0 Å². The number of carbonyl (C=O) groups excluding carboxylic acids is 3. The molecule has 74 heavy (non-hydrogen) atoms. The molecule has 0 aromatic carbocycles. The second-order valence-corrected chi connectivity index (χ2v) is 20.3. The van der Waals surface area contributed by atoms with Crippen LogP contribution in [-0.2, 0) is 28.6 Å². The van der Waals surface area contributed by atoms with Crippen molar-refractivity contribution in [1.82, 2.24) is 10.0 Å². The number of hydrogen-bond donors (Lipinski definition) is 1. The van der Waals surface area contributed by atoms with Gasteiger partial charge >= 0.3 is 17.9 Å². The van der Waals surface area contributed by atoms with Crippen LogP contribution in [0.25, 0.3) is 0 Å². The zero-order valence-corrected chi connectivity index (χ0v) is 48.5. The molecule has 0 rings (SSSR count). The number of carbonyl (C=O) groups is 3. The molecular formula is C65H116N2O7. The van der Waals surface area contributed by atoms with Crippen LogP contribution in [0.4, 0.5) is 0 Å². The van der Waals surface area contributed by atoms with Gasteiger partial charge in [0.25, 0.3) is 0 Å². The van der Waals surface area contributed by atoms with Gasteiger partial charge in [-0.3, -0.25) is 14.4 Å². The summed E-state index contributed by atoms with van der Waals surface area (Å²) in [6.45, 7) is 8.99. The van der Waals surface area contributed by atoms with Gasteiger partial charge < -0.3 is 19.3 Å². The lowest BCUT2D eigenvalue weighted by Gasteiger charge is -2.34. The number of nitrogens with zero attached hydrogens (tertiary/aromatic N) is 2. The minimum atomic E-state index is -0.283. The second-order valence-electron chi connectivity index (χ2n) is 20.3. The predicted octanol–water partition coefficient (Wildman–Crippen LogP) is 17.7. The highest BCUT2D eigenvalue weighted by Crippen LogP contribution is 2.13. The predicted molar refractivity (Wildman–Crippen MR) is 315 cm³/mol. The lowest BCUT2D eigenvalue weighted by molar-refractivity contribution is -0.150. The number of rotatable bonds is 57. The van der Waals surface area contributed by atoms with Gasteiger partial charge in [-0.05, 0) is 116 Å². The number of hydrazine groups is 1. The highest BCUT2D eigenvalue weighted by atomic mass is 16.5. The number of unbranched alkanes of at least 4 members (excludes halogenated alkanes) is 27. The van der Waals surface area contributed by atoms with E-state index in [1.54, 1.807) is 0 Å². The molecule has 0 spiro atoms. The quantitative estimate of drug-likeness (QED) is 0.0210. The van der Waals surface area contributed by atoms with Gasteiger partial charge in [0.05, 0.1) is 45.7 Å². The topological polar surface area (TPSA) is 106 Å². The smallest absolute Gasteiger partial charge is 0.307 e. The number of aliphatic hydroxyl groups is 1. The van der Waals surface area contributed by atoms with Gasteiger partial charge in [0.2, 0.25) is 0 Å². The first-order chi connectivity index (χ1) is 36.5. The maximum Gasteiger partial charge on any atom is 0.307 e. The van der Waals surface area contributed by atoms with Crippen molar-refractivity contribution in [2.24, 2.45) is 0 Å². The maximum absolute atomic E-state index is 12.9. The molecule has 0 saturated carbocycles. The molecule has 1 N–H and O–H groups in total. The van der Waals surface area contributed by atoms with Crippen LogP contribution in [0.2, 0.25) is 0 Å². The molecule has 0 atom stereocenters. The molecule has 0 aromatic heterocycles. The van der Waals surface area contributed by atoms with Crippen molar-refractivity contribution in [3.63, 3.8) is 0 Å². The molecule has 0 heterocycles. The summed E-state index contributed by atoms with van der Waals surface area (Å²) in [5.74, 6) is -0.848. The molecule has 9 heteroatoms. The van der Waals surface area contributed by atoms with E-state index >= 15 is 0 Å². The molecule has 0 fully saturated rings. The summed E-state index contributed by atoms with van der Waals surface area (Å²) in [5.41, 5.74) is 0. The largest absolute Gasteiger partial charge is 0.466 e. The van der Waals surface area contributed by atoms with Gasteiger partial charge in [0.1, 0.15) is 0 Å². The molecule has 428 valence electrons. The number of esters is 3. The van der Waals surface area contributed by atoms with Crippen molar-refractivity contribution in [1.29, 1.82) is 0 Å². The van der Waals surface area contributed by atoms with E-state index in [0.29, 0.717) is 39.5 Å². The van der Waals surface area contributed by atoms with E-state index in [-0.39, 0.29) is 50.3 Å². The maximum atomic E-state index is 12.9. The van der Waals surface area contributed by atoms with Crippen LogP contribution < -0.4 is 0 Å². The van der Waals surface area contributed by atoms with Crippen molar-refractivity contribution >= 4 is 17.9 Å². The Morgan fingerprint density at radius 2 is 0.541 bits per heavy atom. The average molecular weight is 1040 g/mol. The second kappa shape index (κ2) is 60.6. The zero-order chi connectivity index (χ0) is 53.7. The molecule has 0 bridgehead atoms. The Labute approximate surface area is 456 Å². The Morgan fingerprint density at radius 3 is 0.797 bits per heavy atom. The van der Waals surface area contributed by atoms with Gasteiger partial charge in [-0.1, -0.05) is 209 Å². The summed E-state index contributed by atoms with van der Waals surface area (Å²) in [4.78, 5) is 38.7. The zero-order valence-electron chi connectivity index (χ0n) is 48.5. The molecule has 0 aliphatic heterocycles. The number of hydrogen-bond acceptors (Lipinski definition) is 9. The Kier molecular flexibility index (Phi) is 57.9. The Hall–Kier alpha value is -3.27. The van der Waals surface area contributed by atoms with Crippen LogP contribution in [-0.4, -0.2) is 85.6 Å². The fourth-order valence-corrected chi connectivity index (χ4v) is 8.61. The lowest BCUT2D eigenvalue weighted by atomic mass is 10.1. The summed E-state index contributed by atoms with van der Waals surface area (Å²) in [7, 11) is 0. The number of ether oxygens (including phenoxy) is 3. The fourth-order valence-electron chi connectivity index (χ4n) is 8.61. The van der Waals surface area contributed by atoms with Crippen molar-refractivity contribution in [3.8, 4) is 0 Å². The van der Waals surface area contributed by atoms with E-state index in [1.807, 2.05) is 10.0 Å². The highest BCUT2D eigenvalue weighted by Gasteiger charge is 2.20. The minimum absolute atomic E-state index is 0.131. The normalized spacial score (nSPS) is 12.2. The molecule has 0 aliphatic rings. The molecule has 0 aromatic rings. The molecule has 0 unspecified atom stereocenters. The van der Waals surface area contributed by atoms with Crippen LogP contribution in [0, 0.1) is 0 Å². The number of aliphatic hydroxyl groups excluding tert-OH is 1. The van der Waals surface area contributed by atoms with E-state index in [2.05, 4.69) is 93.7 Å². The summed E-state index contributed by atoms with van der Waals surface area (Å²) in [6.07, 6.45) is 69.6. The van der Waals surface area contributed by atoms with Crippen LogP contribution in [0.1, 0.15) is 271 Å². The van der Waals surface area contributed by atoms with E-state index in [4.69, 9.17) is 14.2 Å². The third-order valence-electron chi connectivity index (χ3n) is 13.3. The lowest BCUT2D eigenvalue weighted by Crippen LogP contribution is -2.47.